The number of halogens is 3. The Labute approximate surface area is 158 Å². The normalized spacial score (nSPS) is 10.8. The third kappa shape index (κ3) is 4.80. The molecule has 0 radical (unpaired) electrons. The Bertz CT molecular complexity index is 824. The molecule has 1 aromatic heterocycles. The third-order valence-corrected chi connectivity index (χ3v) is 4.85. The van der Waals surface area contributed by atoms with Crippen LogP contribution in [0.5, 0.6) is 5.75 Å². The van der Waals surface area contributed by atoms with Crippen molar-refractivity contribution in [3.63, 3.8) is 0 Å². The lowest BCUT2D eigenvalue weighted by molar-refractivity contribution is 0.252. The van der Waals surface area contributed by atoms with Gasteiger partial charge in [0.25, 0.3) is 11.1 Å². The van der Waals surface area contributed by atoms with Crippen molar-refractivity contribution < 1.29 is 9.15 Å². The van der Waals surface area contributed by atoms with E-state index in [-0.39, 0.29) is 6.61 Å². The van der Waals surface area contributed by atoms with Crippen molar-refractivity contribution in [3.05, 3.63) is 69.0 Å². The summed E-state index contributed by atoms with van der Waals surface area (Å²) >= 11 is 19.1. The molecule has 2 aromatic carbocycles. The van der Waals surface area contributed by atoms with E-state index in [4.69, 9.17) is 44.0 Å². The molecule has 4 nitrogen and oxygen atoms in total. The van der Waals surface area contributed by atoms with Gasteiger partial charge in [0.15, 0.2) is 6.61 Å². The minimum atomic E-state index is 0.196. The Kier molecular flexibility index (Phi) is 5.89. The van der Waals surface area contributed by atoms with Crippen LogP contribution in [0.25, 0.3) is 0 Å². The fraction of sp³-hybridized carbons (Fsp3) is 0.125. The average Bonchev–Trinajstić information content (AvgIpc) is 3.03. The molecule has 0 bridgehead atoms. The van der Waals surface area contributed by atoms with Crippen LogP contribution in [0.15, 0.2) is 52.1 Å². The van der Waals surface area contributed by atoms with Crippen LogP contribution in [-0.2, 0) is 12.4 Å². The molecule has 0 saturated carbocycles. The summed E-state index contributed by atoms with van der Waals surface area (Å²) in [5.74, 6) is 1.74. The second-order valence-corrected chi connectivity index (χ2v) is 6.92. The van der Waals surface area contributed by atoms with Crippen LogP contribution in [0.2, 0.25) is 15.1 Å². The fourth-order valence-corrected chi connectivity index (χ4v) is 2.98. The first-order chi connectivity index (χ1) is 11.6. The average molecular weight is 402 g/mol. The molecule has 3 aromatic rings. The van der Waals surface area contributed by atoms with Crippen LogP contribution in [0.4, 0.5) is 0 Å². The van der Waals surface area contributed by atoms with Crippen LogP contribution < -0.4 is 4.74 Å². The van der Waals surface area contributed by atoms with Gasteiger partial charge in [-0.25, -0.2) is 0 Å². The van der Waals surface area contributed by atoms with Crippen LogP contribution in [0.3, 0.4) is 0 Å². The largest absolute Gasteiger partial charge is 0.484 e. The Morgan fingerprint density at radius 1 is 0.958 bits per heavy atom. The van der Waals surface area contributed by atoms with Gasteiger partial charge in [-0.2, -0.15) is 0 Å². The van der Waals surface area contributed by atoms with E-state index in [0.717, 1.165) is 5.56 Å². The van der Waals surface area contributed by atoms with Gasteiger partial charge in [0.1, 0.15) is 5.75 Å². The highest BCUT2D eigenvalue weighted by atomic mass is 35.5. The van der Waals surface area contributed by atoms with E-state index in [1.54, 1.807) is 30.3 Å². The standard InChI is InChI=1S/C16H11Cl3N2O2S/c17-11-2-4-12(5-3-11)22-8-15-20-21-16(23-15)24-9-10-1-6-13(18)14(19)7-10/h1-7H,8-9H2. The summed E-state index contributed by atoms with van der Waals surface area (Å²) in [5.41, 5.74) is 1.02. The Morgan fingerprint density at radius 2 is 1.75 bits per heavy atom. The summed E-state index contributed by atoms with van der Waals surface area (Å²) < 4.78 is 11.1. The summed E-state index contributed by atoms with van der Waals surface area (Å²) in [6, 6.07) is 12.5. The Balaban J connectivity index is 1.53. The molecule has 0 spiro atoms. The second kappa shape index (κ2) is 8.12. The summed E-state index contributed by atoms with van der Waals surface area (Å²) in [5, 5.41) is 10.1. The smallest absolute Gasteiger partial charge is 0.277 e. The van der Waals surface area contributed by atoms with Crippen LogP contribution in [0.1, 0.15) is 11.5 Å². The van der Waals surface area contributed by atoms with Crippen LogP contribution >= 0.6 is 46.6 Å². The maximum Gasteiger partial charge on any atom is 0.277 e. The van der Waals surface area contributed by atoms with Crippen molar-refractivity contribution >= 4 is 46.6 Å². The lowest BCUT2D eigenvalue weighted by Gasteiger charge is -2.02. The molecule has 0 saturated heterocycles. The molecule has 8 heteroatoms. The summed E-state index contributed by atoms with van der Waals surface area (Å²) in [4.78, 5) is 0. The first-order valence-corrected chi connectivity index (χ1v) is 8.99. The van der Waals surface area contributed by atoms with E-state index in [0.29, 0.717) is 37.7 Å². The summed E-state index contributed by atoms with van der Waals surface area (Å²) in [6.45, 7) is 0.196. The molecule has 0 aliphatic rings. The van der Waals surface area contributed by atoms with Gasteiger partial charge >= 0.3 is 0 Å². The van der Waals surface area contributed by atoms with Gasteiger partial charge in [-0.05, 0) is 42.0 Å². The third-order valence-electron chi connectivity index (χ3n) is 2.97. The van der Waals surface area contributed by atoms with Crippen molar-refractivity contribution in [2.24, 2.45) is 0 Å². The van der Waals surface area contributed by atoms with Crippen molar-refractivity contribution in [2.45, 2.75) is 17.6 Å². The zero-order valence-corrected chi connectivity index (χ0v) is 15.3. The Morgan fingerprint density at radius 3 is 2.50 bits per heavy atom. The Hall–Kier alpha value is -1.40. The zero-order valence-electron chi connectivity index (χ0n) is 12.2. The number of aromatic nitrogens is 2. The molecular weight excluding hydrogens is 391 g/mol. The number of nitrogens with zero attached hydrogens (tertiary/aromatic N) is 2. The lowest BCUT2D eigenvalue weighted by atomic mass is 10.2. The maximum absolute atomic E-state index is 5.99. The number of benzene rings is 2. The van der Waals surface area contributed by atoms with Crippen molar-refractivity contribution in [3.8, 4) is 5.75 Å². The second-order valence-electron chi connectivity index (χ2n) is 4.74. The molecule has 0 amide bonds. The quantitative estimate of drug-likeness (QED) is 0.481. The van der Waals surface area contributed by atoms with E-state index in [2.05, 4.69) is 10.2 Å². The molecule has 1 heterocycles. The minimum Gasteiger partial charge on any atom is -0.484 e. The number of thioether (sulfide) groups is 1. The number of hydrogen-bond donors (Lipinski definition) is 0. The molecule has 0 fully saturated rings. The number of hydrogen-bond acceptors (Lipinski definition) is 5. The molecule has 0 N–H and O–H groups in total. The highest BCUT2D eigenvalue weighted by Gasteiger charge is 2.09. The summed E-state index contributed by atoms with van der Waals surface area (Å²) in [7, 11) is 0. The highest BCUT2D eigenvalue weighted by molar-refractivity contribution is 7.98. The van der Waals surface area contributed by atoms with E-state index in [9.17, 15) is 0 Å². The molecule has 3 rings (SSSR count). The van der Waals surface area contributed by atoms with E-state index in [1.807, 2.05) is 12.1 Å². The van der Waals surface area contributed by atoms with Gasteiger partial charge in [0.05, 0.1) is 10.0 Å². The van der Waals surface area contributed by atoms with Gasteiger partial charge in [-0.3, -0.25) is 0 Å². The first-order valence-electron chi connectivity index (χ1n) is 6.87. The van der Waals surface area contributed by atoms with Crippen LogP contribution in [0, 0.1) is 0 Å². The molecule has 0 unspecified atom stereocenters. The van der Waals surface area contributed by atoms with Gasteiger partial charge < -0.3 is 9.15 Å². The minimum absolute atomic E-state index is 0.196. The molecular formula is C16H11Cl3N2O2S. The van der Waals surface area contributed by atoms with Gasteiger partial charge in [-0.1, -0.05) is 52.6 Å². The zero-order chi connectivity index (χ0) is 16.9. The fourth-order valence-electron chi connectivity index (χ4n) is 1.81. The predicted octanol–water partition coefficient (Wildman–Crippen LogP) is 5.90. The van der Waals surface area contributed by atoms with E-state index >= 15 is 0 Å². The lowest BCUT2D eigenvalue weighted by Crippen LogP contribution is -1.95. The van der Waals surface area contributed by atoms with Gasteiger partial charge in [0.2, 0.25) is 0 Å². The van der Waals surface area contributed by atoms with Gasteiger partial charge in [0, 0.05) is 10.8 Å². The predicted molar refractivity (Wildman–Crippen MR) is 96.1 cm³/mol. The van der Waals surface area contributed by atoms with Crippen molar-refractivity contribution in [1.82, 2.24) is 10.2 Å². The topological polar surface area (TPSA) is 48.2 Å². The van der Waals surface area contributed by atoms with E-state index in [1.165, 1.54) is 11.8 Å². The van der Waals surface area contributed by atoms with Crippen molar-refractivity contribution in [2.75, 3.05) is 0 Å². The summed E-state index contributed by atoms with van der Waals surface area (Å²) in [6.07, 6.45) is 0. The van der Waals surface area contributed by atoms with Gasteiger partial charge in [-0.15, -0.1) is 10.2 Å². The molecule has 0 aliphatic heterocycles. The van der Waals surface area contributed by atoms with Crippen LogP contribution in [-0.4, -0.2) is 10.2 Å². The number of ether oxygens (including phenoxy) is 1. The molecule has 0 aliphatic carbocycles. The number of rotatable bonds is 6. The SMILES string of the molecule is Clc1ccc(OCc2nnc(SCc3ccc(Cl)c(Cl)c3)o2)cc1. The van der Waals surface area contributed by atoms with Crippen molar-refractivity contribution in [1.29, 1.82) is 0 Å². The molecule has 0 atom stereocenters. The van der Waals surface area contributed by atoms with E-state index < -0.39 is 0 Å². The molecule has 24 heavy (non-hydrogen) atoms. The monoisotopic (exact) mass is 400 g/mol. The molecule has 124 valence electrons. The first kappa shape index (κ1) is 17.4. The maximum atomic E-state index is 5.99. The highest BCUT2D eigenvalue weighted by Crippen LogP contribution is 2.27.